The zero-order valence-electron chi connectivity index (χ0n) is 11.6. The van der Waals surface area contributed by atoms with Crippen LogP contribution in [0.3, 0.4) is 0 Å². The van der Waals surface area contributed by atoms with E-state index in [9.17, 15) is 4.39 Å². The van der Waals surface area contributed by atoms with E-state index in [-0.39, 0.29) is 17.5 Å². The summed E-state index contributed by atoms with van der Waals surface area (Å²) >= 11 is 3.45. The zero-order chi connectivity index (χ0) is 14.0. The SMILES string of the molecule is CC(C)(C)c1cc(Br)c(OC2CCCCO2)cc1F. The second kappa shape index (κ2) is 5.80. The quantitative estimate of drug-likeness (QED) is 0.776. The van der Waals surface area contributed by atoms with Gasteiger partial charge in [-0.3, -0.25) is 0 Å². The van der Waals surface area contributed by atoms with Gasteiger partial charge in [-0.25, -0.2) is 4.39 Å². The van der Waals surface area contributed by atoms with Crippen molar-refractivity contribution in [3.8, 4) is 5.75 Å². The molecule has 1 atom stereocenters. The van der Waals surface area contributed by atoms with E-state index in [1.165, 1.54) is 6.07 Å². The van der Waals surface area contributed by atoms with Crippen LogP contribution in [0.4, 0.5) is 4.39 Å². The van der Waals surface area contributed by atoms with Crippen LogP contribution in [-0.4, -0.2) is 12.9 Å². The molecule has 0 bridgehead atoms. The lowest BCUT2D eigenvalue weighted by atomic mass is 9.86. The molecule has 0 saturated carbocycles. The lowest BCUT2D eigenvalue weighted by molar-refractivity contribution is -0.106. The van der Waals surface area contributed by atoms with Gasteiger partial charge in [0.05, 0.1) is 11.1 Å². The summed E-state index contributed by atoms with van der Waals surface area (Å²) in [4.78, 5) is 0. The van der Waals surface area contributed by atoms with Crippen molar-refractivity contribution in [2.75, 3.05) is 6.61 Å². The Kier molecular flexibility index (Phi) is 4.51. The van der Waals surface area contributed by atoms with Crippen molar-refractivity contribution in [2.24, 2.45) is 0 Å². The minimum absolute atomic E-state index is 0.230. The molecule has 106 valence electrons. The first-order valence-electron chi connectivity index (χ1n) is 6.66. The summed E-state index contributed by atoms with van der Waals surface area (Å²) in [6.45, 7) is 6.68. The highest BCUT2D eigenvalue weighted by molar-refractivity contribution is 9.10. The molecule has 1 fully saturated rings. The predicted octanol–water partition coefficient (Wildman–Crippen LogP) is 4.79. The number of rotatable bonds is 2. The predicted molar refractivity (Wildman–Crippen MR) is 77.0 cm³/mol. The van der Waals surface area contributed by atoms with Crippen molar-refractivity contribution in [2.45, 2.75) is 51.7 Å². The Hall–Kier alpha value is -0.610. The van der Waals surface area contributed by atoms with Gasteiger partial charge in [0, 0.05) is 12.5 Å². The van der Waals surface area contributed by atoms with Crippen molar-refractivity contribution < 1.29 is 13.9 Å². The number of hydrogen-bond donors (Lipinski definition) is 0. The molecule has 1 unspecified atom stereocenters. The molecule has 0 aliphatic carbocycles. The Labute approximate surface area is 122 Å². The molecule has 1 aliphatic heterocycles. The van der Waals surface area contributed by atoms with Gasteiger partial charge in [-0.05, 0) is 45.8 Å². The van der Waals surface area contributed by atoms with Gasteiger partial charge in [-0.2, -0.15) is 0 Å². The van der Waals surface area contributed by atoms with E-state index in [0.717, 1.165) is 23.7 Å². The third-order valence-electron chi connectivity index (χ3n) is 3.23. The maximum atomic E-state index is 14.1. The average molecular weight is 331 g/mol. The largest absolute Gasteiger partial charge is 0.464 e. The first-order valence-corrected chi connectivity index (χ1v) is 7.45. The molecule has 0 amide bonds. The molecule has 1 aromatic rings. The maximum Gasteiger partial charge on any atom is 0.199 e. The number of halogens is 2. The first-order chi connectivity index (χ1) is 8.88. The zero-order valence-corrected chi connectivity index (χ0v) is 13.2. The van der Waals surface area contributed by atoms with Crippen LogP contribution in [0.2, 0.25) is 0 Å². The van der Waals surface area contributed by atoms with Crippen LogP contribution >= 0.6 is 15.9 Å². The van der Waals surface area contributed by atoms with Gasteiger partial charge >= 0.3 is 0 Å². The van der Waals surface area contributed by atoms with Gasteiger partial charge in [0.25, 0.3) is 0 Å². The Morgan fingerprint density at radius 3 is 2.63 bits per heavy atom. The molecular weight excluding hydrogens is 311 g/mol. The topological polar surface area (TPSA) is 18.5 Å². The van der Waals surface area contributed by atoms with Crippen LogP contribution in [0.1, 0.15) is 45.6 Å². The Balaban J connectivity index is 2.20. The van der Waals surface area contributed by atoms with E-state index in [1.54, 1.807) is 6.07 Å². The standard InChI is InChI=1S/C15H20BrFO2/c1-15(2,3)10-8-11(16)13(9-12(10)17)19-14-6-4-5-7-18-14/h8-9,14H,4-7H2,1-3H3. The van der Waals surface area contributed by atoms with Gasteiger partial charge in [0.15, 0.2) is 6.29 Å². The Morgan fingerprint density at radius 1 is 1.32 bits per heavy atom. The molecule has 2 nitrogen and oxygen atoms in total. The molecule has 1 aliphatic rings. The Bertz CT molecular complexity index is 448. The molecule has 4 heteroatoms. The lowest BCUT2D eigenvalue weighted by Gasteiger charge is -2.25. The second-order valence-electron chi connectivity index (χ2n) is 5.93. The van der Waals surface area contributed by atoms with E-state index in [2.05, 4.69) is 15.9 Å². The van der Waals surface area contributed by atoms with Gasteiger partial charge in [-0.1, -0.05) is 20.8 Å². The van der Waals surface area contributed by atoms with E-state index < -0.39 is 0 Å². The van der Waals surface area contributed by atoms with Crippen molar-refractivity contribution in [3.05, 3.63) is 28.0 Å². The van der Waals surface area contributed by atoms with Crippen molar-refractivity contribution in [3.63, 3.8) is 0 Å². The van der Waals surface area contributed by atoms with E-state index in [0.29, 0.717) is 17.9 Å². The molecule has 1 aromatic carbocycles. The van der Waals surface area contributed by atoms with Gasteiger partial charge in [0.1, 0.15) is 11.6 Å². The van der Waals surface area contributed by atoms with Crippen molar-refractivity contribution in [1.82, 2.24) is 0 Å². The van der Waals surface area contributed by atoms with Crippen LogP contribution in [0, 0.1) is 5.82 Å². The molecule has 1 saturated heterocycles. The molecule has 2 rings (SSSR count). The molecule has 0 aromatic heterocycles. The minimum Gasteiger partial charge on any atom is -0.464 e. The average Bonchev–Trinajstić information content (AvgIpc) is 2.33. The van der Waals surface area contributed by atoms with E-state index in [1.807, 2.05) is 20.8 Å². The fourth-order valence-corrected chi connectivity index (χ4v) is 2.58. The number of ether oxygens (including phenoxy) is 2. The fourth-order valence-electron chi connectivity index (χ4n) is 2.14. The molecule has 1 heterocycles. The van der Waals surface area contributed by atoms with Crippen molar-refractivity contribution >= 4 is 15.9 Å². The lowest BCUT2D eigenvalue weighted by Crippen LogP contribution is -2.25. The summed E-state index contributed by atoms with van der Waals surface area (Å²) in [5.41, 5.74) is 0.447. The highest BCUT2D eigenvalue weighted by Gasteiger charge is 2.22. The summed E-state index contributed by atoms with van der Waals surface area (Å²) < 4.78 is 26.1. The molecule has 0 radical (unpaired) electrons. The highest BCUT2D eigenvalue weighted by Crippen LogP contribution is 2.35. The van der Waals surface area contributed by atoms with Gasteiger partial charge in [0.2, 0.25) is 0 Å². The summed E-state index contributed by atoms with van der Waals surface area (Å²) in [5.74, 6) is 0.277. The van der Waals surface area contributed by atoms with Crippen molar-refractivity contribution in [1.29, 1.82) is 0 Å². The van der Waals surface area contributed by atoms with Crippen LogP contribution in [0.15, 0.2) is 16.6 Å². The van der Waals surface area contributed by atoms with Crippen LogP contribution < -0.4 is 4.74 Å². The first kappa shape index (κ1) is 14.8. The maximum absolute atomic E-state index is 14.1. The van der Waals surface area contributed by atoms with Crippen LogP contribution in [0.25, 0.3) is 0 Å². The molecule has 0 spiro atoms. The molecule has 0 N–H and O–H groups in total. The third-order valence-corrected chi connectivity index (χ3v) is 3.85. The van der Waals surface area contributed by atoms with E-state index in [4.69, 9.17) is 9.47 Å². The van der Waals surface area contributed by atoms with Gasteiger partial charge in [-0.15, -0.1) is 0 Å². The molecular formula is C15H20BrFO2. The summed E-state index contributed by atoms with van der Waals surface area (Å²) in [6.07, 6.45) is 2.75. The molecule has 19 heavy (non-hydrogen) atoms. The van der Waals surface area contributed by atoms with E-state index >= 15 is 0 Å². The fraction of sp³-hybridized carbons (Fsp3) is 0.600. The monoisotopic (exact) mass is 330 g/mol. The minimum atomic E-state index is -0.259. The van der Waals surface area contributed by atoms with Gasteiger partial charge < -0.3 is 9.47 Å². The number of benzene rings is 1. The second-order valence-corrected chi connectivity index (χ2v) is 6.78. The third kappa shape index (κ3) is 3.69. The van der Waals surface area contributed by atoms with Crippen LogP contribution in [0.5, 0.6) is 5.75 Å². The summed E-state index contributed by atoms with van der Waals surface area (Å²) in [6, 6.07) is 3.25. The summed E-state index contributed by atoms with van der Waals surface area (Å²) in [5, 5.41) is 0. The van der Waals surface area contributed by atoms with Crippen LogP contribution in [-0.2, 0) is 10.2 Å². The highest BCUT2D eigenvalue weighted by atomic mass is 79.9. The Morgan fingerprint density at radius 2 is 2.05 bits per heavy atom. The number of hydrogen-bond acceptors (Lipinski definition) is 2. The normalized spacial score (nSPS) is 20.4. The summed E-state index contributed by atoms with van der Waals surface area (Å²) in [7, 11) is 0. The smallest absolute Gasteiger partial charge is 0.199 e.